The summed E-state index contributed by atoms with van der Waals surface area (Å²) in [5.41, 5.74) is 7.28. The number of thiocarbonyl (C=S) groups is 1. The van der Waals surface area contributed by atoms with Crippen molar-refractivity contribution in [1.29, 1.82) is 0 Å². The summed E-state index contributed by atoms with van der Waals surface area (Å²) in [4.78, 5) is 28.5. The fourth-order valence-electron chi connectivity index (χ4n) is 4.20. The molecule has 3 aromatic carbocycles. The molecule has 0 aliphatic carbocycles. The molecule has 2 heterocycles. The lowest BCUT2D eigenvalue weighted by Gasteiger charge is -2.20. The van der Waals surface area contributed by atoms with Crippen LogP contribution in [0.4, 0.5) is 18.9 Å². The average molecular weight is 643 g/mol. The summed E-state index contributed by atoms with van der Waals surface area (Å²) < 4.78 is 47.8. The van der Waals surface area contributed by atoms with Crippen molar-refractivity contribution in [2.24, 2.45) is 4.99 Å². The highest BCUT2D eigenvalue weighted by Gasteiger charge is 2.32. The van der Waals surface area contributed by atoms with Crippen molar-refractivity contribution >= 4 is 45.9 Å². The summed E-state index contributed by atoms with van der Waals surface area (Å²) in [5.74, 6) is 0.243. The van der Waals surface area contributed by atoms with Crippen molar-refractivity contribution in [2.75, 3.05) is 17.8 Å². The number of aryl methyl sites for hydroxylation is 1. The van der Waals surface area contributed by atoms with Crippen molar-refractivity contribution in [3.05, 3.63) is 89.7 Å². The van der Waals surface area contributed by atoms with Gasteiger partial charge in [0.25, 0.3) is 0 Å². The van der Waals surface area contributed by atoms with Crippen LogP contribution < -0.4 is 15.1 Å². The Balaban J connectivity index is 1.17. The molecule has 1 fully saturated rings. The number of thioether (sulfide) groups is 1. The van der Waals surface area contributed by atoms with Gasteiger partial charge in [-0.2, -0.15) is 4.99 Å². The molecule has 1 N–H and O–H groups in total. The number of hydroxylamine groups is 1. The molecule has 44 heavy (non-hydrogen) atoms. The SMILES string of the molecule is COCc1ccc(C)cc1N1C(=O)CSC1=NC(=S)NOCc1ccc(-c2ncn(-c3ccc(OC(F)(F)F)cc3)n2)cc1. The minimum atomic E-state index is -4.76. The van der Waals surface area contributed by atoms with Gasteiger partial charge in [0.05, 0.1) is 30.3 Å². The number of rotatable bonds is 9. The Bertz CT molecular complexity index is 1680. The predicted molar refractivity (Wildman–Crippen MR) is 163 cm³/mol. The van der Waals surface area contributed by atoms with Gasteiger partial charge in [-0.05, 0) is 60.6 Å². The average Bonchev–Trinajstić information content (AvgIpc) is 3.61. The topological polar surface area (TPSA) is 103 Å². The highest BCUT2D eigenvalue weighted by atomic mass is 32.2. The van der Waals surface area contributed by atoms with Crippen LogP contribution in [0, 0.1) is 6.92 Å². The third-order valence-corrected chi connectivity index (χ3v) is 7.28. The quantitative estimate of drug-likeness (QED) is 0.181. The molecule has 0 saturated carbocycles. The maximum Gasteiger partial charge on any atom is 0.573 e. The first-order chi connectivity index (χ1) is 21.1. The number of hydrogen-bond acceptors (Lipinski definition) is 8. The molecule has 1 aliphatic heterocycles. The molecule has 1 amide bonds. The Hall–Kier alpha value is -4.31. The van der Waals surface area contributed by atoms with Crippen LogP contribution in [0.3, 0.4) is 0 Å². The van der Waals surface area contributed by atoms with E-state index in [0.717, 1.165) is 22.3 Å². The molecule has 10 nitrogen and oxygen atoms in total. The second kappa shape index (κ2) is 13.5. The fraction of sp³-hybridized carbons (Fsp3) is 0.207. The highest BCUT2D eigenvalue weighted by molar-refractivity contribution is 8.15. The molecule has 0 unspecified atom stereocenters. The number of hydrogen-bond donors (Lipinski definition) is 1. The first-order valence-corrected chi connectivity index (χ1v) is 14.4. The first-order valence-electron chi connectivity index (χ1n) is 13.0. The maximum atomic E-state index is 12.7. The van der Waals surface area contributed by atoms with Crippen LogP contribution in [0.5, 0.6) is 5.75 Å². The van der Waals surface area contributed by atoms with Gasteiger partial charge < -0.3 is 9.47 Å². The van der Waals surface area contributed by atoms with Crippen molar-refractivity contribution in [3.63, 3.8) is 0 Å². The van der Waals surface area contributed by atoms with E-state index in [9.17, 15) is 18.0 Å². The van der Waals surface area contributed by atoms with E-state index in [-0.39, 0.29) is 29.1 Å². The van der Waals surface area contributed by atoms with Crippen LogP contribution in [0.15, 0.2) is 78.0 Å². The minimum Gasteiger partial charge on any atom is -0.406 e. The van der Waals surface area contributed by atoms with Crippen molar-refractivity contribution in [1.82, 2.24) is 20.2 Å². The number of ether oxygens (including phenoxy) is 2. The second-order valence-electron chi connectivity index (χ2n) is 9.42. The minimum absolute atomic E-state index is 0.0671. The van der Waals surface area contributed by atoms with Gasteiger partial charge in [0.15, 0.2) is 11.0 Å². The number of carbonyl (C=O) groups is 1. The van der Waals surface area contributed by atoms with Gasteiger partial charge in [-0.3, -0.25) is 14.5 Å². The Morgan fingerprint density at radius 2 is 1.84 bits per heavy atom. The van der Waals surface area contributed by atoms with Crippen LogP contribution in [0.25, 0.3) is 17.1 Å². The van der Waals surface area contributed by atoms with E-state index in [4.69, 9.17) is 21.8 Å². The van der Waals surface area contributed by atoms with E-state index in [1.165, 1.54) is 47.0 Å². The smallest absolute Gasteiger partial charge is 0.406 e. The molecule has 0 bridgehead atoms. The van der Waals surface area contributed by atoms with E-state index in [0.29, 0.717) is 29.0 Å². The van der Waals surface area contributed by atoms with Crippen LogP contribution in [0.2, 0.25) is 0 Å². The largest absolute Gasteiger partial charge is 0.573 e. The lowest BCUT2D eigenvalue weighted by molar-refractivity contribution is -0.274. The number of anilines is 1. The van der Waals surface area contributed by atoms with Gasteiger partial charge in [0.1, 0.15) is 12.1 Å². The fourth-order valence-corrected chi connectivity index (χ4v) is 5.27. The van der Waals surface area contributed by atoms with E-state index in [2.05, 4.69) is 25.3 Å². The van der Waals surface area contributed by atoms with E-state index < -0.39 is 6.36 Å². The number of nitrogens with zero attached hydrogens (tertiary/aromatic N) is 5. The number of aliphatic imine (C=N–C) groups is 1. The Kier molecular flexibility index (Phi) is 9.58. The Morgan fingerprint density at radius 3 is 2.55 bits per heavy atom. The van der Waals surface area contributed by atoms with Crippen LogP contribution in [-0.2, 0) is 27.6 Å². The molecule has 0 spiro atoms. The van der Waals surface area contributed by atoms with Crippen LogP contribution in [0.1, 0.15) is 16.7 Å². The van der Waals surface area contributed by atoms with Crippen molar-refractivity contribution < 1.29 is 32.3 Å². The zero-order chi connectivity index (χ0) is 31.3. The van der Waals surface area contributed by atoms with Crippen molar-refractivity contribution in [3.8, 4) is 22.8 Å². The van der Waals surface area contributed by atoms with Crippen LogP contribution in [-0.4, -0.2) is 50.2 Å². The van der Waals surface area contributed by atoms with Gasteiger partial charge in [0.2, 0.25) is 11.0 Å². The first kappa shape index (κ1) is 31.1. The van der Waals surface area contributed by atoms with Gasteiger partial charge in [0, 0.05) is 18.2 Å². The summed E-state index contributed by atoms with van der Waals surface area (Å²) in [6.07, 6.45) is -3.29. The molecular weight excluding hydrogens is 617 g/mol. The maximum absolute atomic E-state index is 12.7. The molecule has 228 valence electrons. The number of methoxy groups -OCH3 is 1. The van der Waals surface area contributed by atoms with Gasteiger partial charge >= 0.3 is 6.36 Å². The molecule has 0 radical (unpaired) electrons. The number of benzene rings is 3. The molecule has 1 saturated heterocycles. The molecule has 15 heteroatoms. The zero-order valence-corrected chi connectivity index (χ0v) is 25.0. The number of aromatic nitrogens is 3. The molecule has 0 atom stereocenters. The normalized spacial score (nSPS) is 14.3. The van der Waals surface area contributed by atoms with Crippen LogP contribution >= 0.6 is 24.0 Å². The standard InChI is InChI=1S/C29H25F3N6O4S2/c1-18-3-6-21(15-40-2)24(13-18)38-25(39)16-44-28(38)34-27(43)36-41-14-19-4-7-20(8-5-19)26-33-17-37(35-26)22-9-11-23(12-10-22)42-29(30,31)32/h3-13,17H,14-16H2,1-2H3,(H,36,43). The molecule has 1 aliphatic rings. The summed E-state index contributed by atoms with van der Waals surface area (Å²) >= 11 is 6.63. The van der Waals surface area contributed by atoms with E-state index in [1.54, 1.807) is 12.0 Å². The summed E-state index contributed by atoms with van der Waals surface area (Å²) in [7, 11) is 1.60. The number of nitrogens with one attached hydrogen (secondary N) is 1. The molecule has 1 aromatic heterocycles. The monoisotopic (exact) mass is 642 g/mol. The third-order valence-electron chi connectivity index (χ3n) is 6.18. The number of amidine groups is 1. The number of halogens is 3. The van der Waals surface area contributed by atoms with Gasteiger partial charge in [-0.25, -0.2) is 15.1 Å². The zero-order valence-electron chi connectivity index (χ0n) is 23.4. The summed E-state index contributed by atoms with van der Waals surface area (Å²) in [6, 6.07) is 18.4. The van der Waals surface area contributed by atoms with E-state index >= 15 is 0 Å². The van der Waals surface area contributed by atoms with Crippen molar-refractivity contribution in [2.45, 2.75) is 26.5 Å². The number of carbonyl (C=O) groups excluding carboxylic acids is 1. The molecular formula is C29H25F3N6O4S2. The second-order valence-corrected chi connectivity index (χ2v) is 10.8. The summed E-state index contributed by atoms with van der Waals surface area (Å²) in [6.45, 7) is 2.46. The molecule has 4 aromatic rings. The molecule has 5 rings (SSSR count). The lowest BCUT2D eigenvalue weighted by atomic mass is 10.1. The van der Waals surface area contributed by atoms with E-state index in [1.807, 2.05) is 49.4 Å². The van der Waals surface area contributed by atoms with Gasteiger partial charge in [-0.1, -0.05) is 48.2 Å². The predicted octanol–water partition coefficient (Wildman–Crippen LogP) is 5.73. The van der Waals surface area contributed by atoms with Gasteiger partial charge in [-0.15, -0.1) is 18.3 Å². The summed E-state index contributed by atoms with van der Waals surface area (Å²) in [5, 5.41) is 4.92. The number of amides is 1. The highest BCUT2D eigenvalue weighted by Crippen LogP contribution is 2.31. The lowest BCUT2D eigenvalue weighted by Crippen LogP contribution is -2.32. The Morgan fingerprint density at radius 1 is 1.09 bits per heavy atom. The third kappa shape index (κ3) is 7.79. The Labute approximate surface area is 259 Å². The number of alkyl halides is 3.